The van der Waals surface area contributed by atoms with Crippen LogP contribution in [0.25, 0.3) is 0 Å². The Bertz CT molecular complexity index is 257. The lowest BCUT2D eigenvalue weighted by Gasteiger charge is -2.15. The molecule has 1 aromatic rings. The molecule has 0 saturated carbocycles. The van der Waals surface area contributed by atoms with Crippen molar-refractivity contribution in [1.82, 2.24) is 0 Å². The predicted octanol–water partition coefficient (Wildman–Crippen LogP) is 3.17. The van der Waals surface area contributed by atoms with Crippen LogP contribution >= 0.6 is 0 Å². The number of aryl methyl sites for hydroxylation is 1. The van der Waals surface area contributed by atoms with E-state index in [4.69, 9.17) is 4.42 Å². The maximum atomic E-state index is 5.30. The fourth-order valence-electron chi connectivity index (χ4n) is 1.54. The molecule has 0 saturated heterocycles. The topological polar surface area (TPSA) is 13.1 Å². The summed E-state index contributed by atoms with van der Waals surface area (Å²) in [6, 6.07) is 0. The van der Waals surface area contributed by atoms with E-state index in [1.165, 1.54) is 30.0 Å². The summed E-state index contributed by atoms with van der Waals surface area (Å²) in [5, 5.41) is 1.50. The van der Waals surface area contributed by atoms with Gasteiger partial charge in [0.05, 0.1) is 20.6 Å². The summed E-state index contributed by atoms with van der Waals surface area (Å²) in [5.41, 5.74) is 1.45. The Morgan fingerprint density at radius 3 is 2.46 bits per heavy atom. The zero-order valence-corrected chi connectivity index (χ0v) is 10.2. The van der Waals surface area contributed by atoms with E-state index in [1.807, 2.05) is 12.5 Å². The Kier molecular flexibility index (Phi) is 3.37. The molecule has 0 amide bonds. The summed E-state index contributed by atoms with van der Waals surface area (Å²) in [5.74, 6) is 0. The van der Waals surface area contributed by atoms with Gasteiger partial charge in [0.25, 0.3) is 0 Å². The van der Waals surface area contributed by atoms with E-state index < -0.39 is 8.07 Å². The van der Waals surface area contributed by atoms with Gasteiger partial charge in [-0.15, -0.1) is 0 Å². The minimum absolute atomic E-state index is 1.17. The Balaban J connectivity index is 2.77. The van der Waals surface area contributed by atoms with Gasteiger partial charge in [-0.25, -0.2) is 0 Å². The van der Waals surface area contributed by atoms with Gasteiger partial charge in [-0.2, -0.15) is 0 Å². The van der Waals surface area contributed by atoms with Gasteiger partial charge in [0.2, 0.25) is 0 Å². The molecule has 74 valence electrons. The smallest absolute Gasteiger partial charge is 0.0933 e. The minimum atomic E-state index is -1.17. The van der Waals surface area contributed by atoms with Gasteiger partial charge in [-0.1, -0.05) is 33.0 Å². The quantitative estimate of drug-likeness (QED) is 0.674. The van der Waals surface area contributed by atoms with Gasteiger partial charge < -0.3 is 4.42 Å². The third kappa shape index (κ3) is 2.73. The molecule has 0 bridgehead atoms. The average Bonchev–Trinajstić information content (AvgIpc) is 2.47. The van der Waals surface area contributed by atoms with E-state index in [0.29, 0.717) is 0 Å². The minimum Gasteiger partial charge on any atom is -0.472 e. The molecule has 0 N–H and O–H groups in total. The number of hydrogen-bond donors (Lipinski definition) is 0. The van der Waals surface area contributed by atoms with Crippen molar-refractivity contribution >= 4 is 13.3 Å². The summed E-state index contributed by atoms with van der Waals surface area (Å²) in [7, 11) is -1.17. The highest BCUT2D eigenvalue weighted by molar-refractivity contribution is 6.89. The van der Waals surface area contributed by atoms with E-state index in [2.05, 4.69) is 26.6 Å². The lowest BCUT2D eigenvalue weighted by atomic mass is 10.1. The van der Waals surface area contributed by atoms with Crippen LogP contribution in [0.15, 0.2) is 16.9 Å². The molecule has 0 aromatic carbocycles. The molecular weight excluding hydrogens is 176 g/mol. The SMILES string of the molecule is CCCCc1cocc1[Si](C)(C)C. The fourth-order valence-corrected chi connectivity index (χ4v) is 3.11. The molecule has 1 heterocycles. The first-order chi connectivity index (χ1) is 6.05. The number of unbranched alkanes of at least 4 members (excludes halogenated alkanes) is 1. The van der Waals surface area contributed by atoms with Crippen LogP contribution in [0.5, 0.6) is 0 Å². The standard InChI is InChI=1S/C11H20OSi/c1-5-6-7-10-8-12-9-11(10)13(2,3)4/h8-9H,5-7H2,1-4H3. The second-order valence-corrected chi connectivity index (χ2v) is 9.70. The first-order valence-corrected chi connectivity index (χ1v) is 8.61. The molecule has 0 aliphatic heterocycles. The van der Waals surface area contributed by atoms with Gasteiger partial charge >= 0.3 is 0 Å². The van der Waals surface area contributed by atoms with Crippen molar-refractivity contribution in [1.29, 1.82) is 0 Å². The predicted molar refractivity (Wildman–Crippen MR) is 60.3 cm³/mol. The number of rotatable bonds is 4. The molecule has 13 heavy (non-hydrogen) atoms. The monoisotopic (exact) mass is 196 g/mol. The molecule has 1 nitrogen and oxygen atoms in total. The van der Waals surface area contributed by atoms with Crippen LogP contribution in [-0.4, -0.2) is 8.07 Å². The van der Waals surface area contributed by atoms with Crippen LogP contribution in [0.1, 0.15) is 25.3 Å². The summed E-state index contributed by atoms with van der Waals surface area (Å²) in [6.07, 6.45) is 7.61. The normalized spacial score (nSPS) is 12.0. The largest absolute Gasteiger partial charge is 0.472 e. The van der Waals surface area contributed by atoms with Crippen LogP contribution in [0, 0.1) is 0 Å². The zero-order chi connectivity index (χ0) is 9.90. The lowest BCUT2D eigenvalue weighted by Crippen LogP contribution is -2.38. The van der Waals surface area contributed by atoms with Crippen molar-refractivity contribution < 1.29 is 4.42 Å². The zero-order valence-electron chi connectivity index (χ0n) is 9.18. The second kappa shape index (κ2) is 4.14. The Morgan fingerprint density at radius 2 is 1.92 bits per heavy atom. The number of furan rings is 1. The maximum Gasteiger partial charge on any atom is 0.0933 e. The summed E-state index contributed by atoms with van der Waals surface area (Å²) >= 11 is 0. The summed E-state index contributed by atoms with van der Waals surface area (Å²) in [4.78, 5) is 0. The highest BCUT2D eigenvalue weighted by atomic mass is 28.3. The van der Waals surface area contributed by atoms with Crippen molar-refractivity contribution in [2.45, 2.75) is 45.8 Å². The third-order valence-electron chi connectivity index (χ3n) is 2.35. The van der Waals surface area contributed by atoms with Gasteiger partial charge in [0.1, 0.15) is 0 Å². The van der Waals surface area contributed by atoms with Gasteiger partial charge in [-0.3, -0.25) is 0 Å². The maximum absolute atomic E-state index is 5.30. The van der Waals surface area contributed by atoms with Crippen molar-refractivity contribution in [3.8, 4) is 0 Å². The molecular formula is C11H20OSi. The van der Waals surface area contributed by atoms with Crippen LogP contribution in [0.3, 0.4) is 0 Å². The third-order valence-corrected chi connectivity index (χ3v) is 4.40. The molecule has 0 aliphatic rings. The van der Waals surface area contributed by atoms with E-state index >= 15 is 0 Å². The lowest BCUT2D eigenvalue weighted by molar-refractivity contribution is 0.564. The number of hydrogen-bond acceptors (Lipinski definition) is 1. The molecule has 0 fully saturated rings. The second-order valence-electron chi connectivity index (χ2n) is 4.66. The van der Waals surface area contributed by atoms with Crippen LogP contribution in [0.2, 0.25) is 19.6 Å². The van der Waals surface area contributed by atoms with Crippen LogP contribution in [0.4, 0.5) is 0 Å². The average molecular weight is 196 g/mol. The Morgan fingerprint density at radius 1 is 1.23 bits per heavy atom. The van der Waals surface area contributed by atoms with E-state index in [-0.39, 0.29) is 0 Å². The highest BCUT2D eigenvalue weighted by Crippen LogP contribution is 2.10. The fraction of sp³-hybridized carbons (Fsp3) is 0.636. The molecule has 0 unspecified atom stereocenters. The van der Waals surface area contributed by atoms with Crippen molar-refractivity contribution in [2.75, 3.05) is 0 Å². The van der Waals surface area contributed by atoms with E-state index in [1.54, 1.807) is 0 Å². The van der Waals surface area contributed by atoms with Crippen molar-refractivity contribution in [3.63, 3.8) is 0 Å². The van der Waals surface area contributed by atoms with Crippen LogP contribution in [-0.2, 0) is 6.42 Å². The molecule has 1 rings (SSSR count). The van der Waals surface area contributed by atoms with Gasteiger partial charge in [0.15, 0.2) is 0 Å². The Hall–Kier alpha value is -0.503. The molecule has 0 aliphatic carbocycles. The molecule has 0 atom stereocenters. The molecule has 2 heteroatoms. The van der Waals surface area contributed by atoms with Gasteiger partial charge in [-0.05, 0) is 23.6 Å². The van der Waals surface area contributed by atoms with Crippen molar-refractivity contribution in [3.05, 3.63) is 18.1 Å². The summed E-state index contributed by atoms with van der Waals surface area (Å²) < 4.78 is 5.30. The van der Waals surface area contributed by atoms with E-state index in [9.17, 15) is 0 Å². The van der Waals surface area contributed by atoms with Crippen molar-refractivity contribution in [2.24, 2.45) is 0 Å². The van der Waals surface area contributed by atoms with Crippen LogP contribution < -0.4 is 5.19 Å². The molecule has 1 aromatic heterocycles. The first kappa shape index (κ1) is 10.6. The van der Waals surface area contributed by atoms with E-state index in [0.717, 1.165) is 0 Å². The highest BCUT2D eigenvalue weighted by Gasteiger charge is 2.21. The summed E-state index contributed by atoms with van der Waals surface area (Å²) in [6.45, 7) is 9.34. The Labute approximate surface area is 82.2 Å². The van der Waals surface area contributed by atoms with Gasteiger partial charge in [0, 0.05) is 0 Å². The molecule has 0 radical (unpaired) electrons. The first-order valence-electron chi connectivity index (χ1n) is 5.11. The molecule has 0 spiro atoms.